The average Bonchev–Trinajstić information content (AvgIpc) is 3.12. The van der Waals surface area contributed by atoms with Crippen molar-refractivity contribution in [2.45, 2.75) is 12.6 Å². The lowest BCUT2D eigenvalue weighted by atomic mass is 10.00. The van der Waals surface area contributed by atoms with Crippen molar-refractivity contribution in [2.24, 2.45) is 0 Å². The van der Waals surface area contributed by atoms with Gasteiger partial charge in [-0.3, -0.25) is 0 Å². The van der Waals surface area contributed by atoms with Crippen LogP contribution in [0.15, 0.2) is 66.9 Å². The second kappa shape index (κ2) is 7.09. The second-order valence-corrected chi connectivity index (χ2v) is 7.00. The third-order valence-corrected chi connectivity index (χ3v) is 5.18. The third-order valence-electron chi connectivity index (χ3n) is 4.59. The highest BCUT2D eigenvalue weighted by Gasteiger charge is 2.32. The molecule has 2 aromatic carbocycles. The lowest BCUT2D eigenvalue weighted by molar-refractivity contribution is 0.288. The Bertz CT molecular complexity index is 938. The highest BCUT2D eigenvalue weighted by atomic mass is 35.5. The van der Waals surface area contributed by atoms with Gasteiger partial charge in [-0.1, -0.05) is 29.8 Å². The third kappa shape index (κ3) is 3.20. The van der Waals surface area contributed by atoms with Crippen LogP contribution in [0.1, 0.15) is 17.3 Å². The molecule has 6 heteroatoms. The first-order valence-corrected chi connectivity index (χ1v) is 9.15. The summed E-state index contributed by atoms with van der Waals surface area (Å²) in [5.41, 5.74) is 2.50. The first-order valence-electron chi connectivity index (χ1n) is 8.36. The quantitative estimate of drug-likeness (QED) is 0.621. The van der Waals surface area contributed by atoms with E-state index in [2.05, 4.69) is 9.88 Å². The summed E-state index contributed by atoms with van der Waals surface area (Å²) in [7, 11) is 0. The highest BCUT2D eigenvalue weighted by molar-refractivity contribution is 7.80. The van der Waals surface area contributed by atoms with Crippen LogP contribution in [0.25, 0.3) is 0 Å². The Hall–Kier alpha value is -2.37. The van der Waals surface area contributed by atoms with Gasteiger partial charge in [-0.2, -0.15) is 0 Å². The largest absolute Gasteiger partial charge is 0.348 e. The van der Waals surface area contributed by atoms with E-state index in [1.54, 1.807) is 6.07 Å². The molecule has 0 bridgehead atoms. The Balaban J connectivity index is 1.69. The molecule has 3 nitrogen and oxygen atoms in total. The first kappa shape index (κ1) is 17.1. The Morgan fingerprint density at radius 2 is 1.81 bits per heavy atom. The number of anilines is 1. The lowest BCUT2D eigenvalue weighted by Crippen LogP contribution is -2.44. The van der Waals surface area contributed by atoms with E-state index in [0.29, 0.717) is 22.2 Å². The summed E-state index contributed by atoms with van der Waals surface area (Å²) in [6, 6.07) is 18.0. The van der Waals surface area contributed by atoms with Gasteiger partial charge in [0.1, 0.15) is 5.82 Å². The standard InChI is InChI=1S/C20H17ClFN3S/c21-14-7-9-15(10-8-14)23-20(26)25-13-12-24-11-3-6-18(24)19(25)16-4-1-2-5-17(16)22/h1-11,19H,12-13H2,(H,23,26)/t19-/m0/s1. The second-order valence-electron chi connectivity index (χ2n) is 6.18. The van der Waals surface area contributed by atoms with E-state index in [-0.39, 0.29) is 11.9 Å². The van der Waals surface area contributed by atoms with Gasteiger partial charge in [0.2, 0.25) is 0 Å². The number of rotatable bonds is 2. The number of nitrogens with zero attached hydrogens (tertiary/aromatic N) is 2. The summed E-state index contributed by atoms with van der Waals surface area (Å²) >= 11 is 11.6. The van der Waals surface area contributed by atoms with Crippen molar-refractivity contribution in [3.8, 4) is 0 Å². The Morgan fingerprint density at radius 3 is 2.58 bits per heavy atom. The summed E-state index contributed by atoms with van der Waals surface area (Å²) in [6.07, 6.45) is 2.02. The molecule has 1 atom stereocenters. The Kier molecular flexibility index (Phi) is 4.66. The normalized spacial score (nSPS) is 16.2. The maximum Gasteiger partial charge on any atom is 0.174 e. The van der Waals surface area contributed by atoms with E-state index in [1.165, 1.54) is 6.07 Å². The fourth-order valence-corrected chi connectivity index (χ4v) is 3.80. The van der Waals surface area contributed by atoms with Crippen LogP contribution in [0, 0.1) is 5.82 Å². The summed E-state index contributed by atoms with van der Waals surface area (Å²) in [5.74, 6) is -0.230. The molecule has 0 unspecified atom stereocenters. The maximum absolute atomic E-state index is 14.6. The number of hydrogen-bond acceptors (Lipinski definition) is 1. The van der Waals surface area contributed by atoms with E-state index < -0.39 is 0 Å². The zero-order valence-corrected chi connectivity index (χ0v) is 15.5. The Labute approximate surface area is 162 Å². The fraction of sp³-hybridized carbons (Fsp3) is 0.150. The lowest BCUT2D eigenvalue weighted by Gasteiger charge is -2.39. The van der Waals surface area contributed by atoms with Gasteiger partial charge < -0.3 is 14.8 Å². The van der Waals surface area contributed by atoms with Crippen molar-refractivity contribution >= 4 is 34.6 Å². The summed E-state index contributed by atoms with van der Waals surface area (Å²) in [4.78, 5) is 2.04. The van der Waals surface area contributed by atoms with Gasteiger partial charge in [0.25, 0.3) is 0 Å². The van der Waals surface area contributed by atoms with Crippen LogP contribution < -0.4 is 5.32 Å². The minimum atomic E-state index is -0.271. The topological polar surface area (TPSA) is 20.2 Å². The molecule has 0 fully saturated rings. The molecule has 1 N–H and O–H groups in total. The van der Waals surface area contributed by atoms with Gasteiger partial charge in [-0.25, -0.2) is 4.39 Å². The van der Waals surface area contributed by atoms with E-state index >= 15 is 0 Å². The van der Waals surface area contributed by atoms with E-state index in [9.17, 15) is 4.39 Å². The SMILES string of the molecule is Fc1ccccc1[C@H]1c2cccn2CCN1C(=S)Nc1ccc(Cl)cc1. The van der Waals surface area contributed by atoms with Crippen molar-refractivity contribution in [3.05, 3.63) is 89.0 Å². The van der Waals surface area contributed by atoms with E-state index in [4.69, 9.17) is 23.8 Å². The first-order chi connectivity index (χ1) is 12.6. The molecule has 0 saturated carbocycles. The monoisotopic (exact) mass is 385 g/mol. The molecule has 1 aliphatic rings. The van der Waals surface area contributed by atoms with E-state index in [1.807, 2.05) is 59.6 Å². The number of aromatic nitrogens is 1. The van der Waals surface area contributed by atoms with Crippen molar-refractivity contribution in [3.63, 3.8) is 0 Å². The number of halogens is 2. The predicted octanol–water partition coefficient (Wildman–Crippen LogP) is 5.08. The molecule has 0 amide bonds. The molecule has 26 heavy (non-hydrogen) atoms. The van der Waals surface area contributed by atoms with Crippen LogP contribution >= 0.6 is 23.8 Å². The molecule has 3 aromatic rings. The van der Waals surface area contributed by atoms with E-state index in [0.717, 1.165) is 17.9 Å². The van der Waals surface area contributed by atoms with Crippen LogP contribution in [0.5, 0.6) is 0 Å². The van der Waals surface area contributed by atoms with Gasteiger partial charge in [0.05, 0.1) is 6.04 Å². The zero-order valence-electron chi connectivity index (χ0n) is 13.9. The molecule has 2 heterocycles. The van der Waals surface area contributed by atoms with Crippen LogP contribution in [0.4, 0.5) is 10.1 Å². The number of benzene rings is 2. The number of fused-ring (bicyclic) bond motifs is 1. The Morgan fingerprint density at radius 1 is 1.04 bits per heavy atom. The van der Waals surface area contributed by atoms with Crippen LogP contribution in [0.3, 0.4) is 0 Å². The molecule has 1 aromatic heterocycles. The van der Waals surface area contributed by atoms with Crippen molar-refractivity contribution < 1.29 is 4.39 Å². The zero-order chi connectivity index (χ0) is 18.1. The fourth-order valence-electron chi connectivity index (χ4n) is 3.35. The molecular formula is C20H17ClFN3S. The summed E-state index contributed by atoms with van der Waals surface area (Å²) in [6.45, 7) is 1.50. The van der Waals surface area contributed by atoms with Crippen molar-refractivity contribution in [1.29, 1.82) is 0 Å². The molecule has 0 radical (unpaired) electrons. The maximum atomic E-state index is 14.6. The van der Waals surface area contributed by atoms with Gasteiger partial charge in [0, 0.05) is 41.3 Å². The molecule has 0 aliphatic carbocycles. The average molecular weight is 386 g/mol. The van der Waals surface area contributed by atoms with Crippen molar-refractivity contribution in [2.75, 3.05) is 11.9 Å². The number of thiocarbonyl (C=S) groups is 1. The van der Waals surface area contributed by atoms with Crippen LogP contribution in [0.2, 0.25) is 5.02 Å². The molecule has 1 aliphatic heterocycles. The minimum Gasteiger partial charge on any atom is -0.348 e. The van der Waals surface area contributed by atoms with Crippen LogP contribution in [-0.4, -0.2) is 21.1 Å². The summed E-state index contributed by atoms with van der Waals surface area (Å²) < 4.78 is 16.7. The number of hydrogen-bond donors (Lipinski definition) is 1. The van der Waals surface area contributed by atoms with Gasteiger partial charge in [-0.05, 0) is 54.7 Å². The molecule has 4 rings (SSSR count). The van der Waals surface area contributed by atoms with Crippen LogP contribution in [-0.2, 0) is 6.54 Å². The van der Waals surface area contributed by atoms with Crippen molar-refractivity contribution in [1.82, 2.24) is 9.47 Å². The summed E-state index contributed by atoms with van der Waals surface area (Å²) in [5, 5.41) is 4.48. The molecule has 132 valence electrons. The minimum absolute atomic E-state index is 0.230. The molecule has 0 saturated heterocycles. The van der Waals surface area contributed by atoms with Gasteiger partial charge >= 0.3 is 0 Å². The molecular weight excluding hydrogens is 369 g/mol. The number of nitrogens with one attached hydrogen (secondary N) is 1. The molecule has 0 spiro atoms. The highest BCUT2D eigenvalue weighted by Crippen LogP contribution is 2.34. The van der Waals surface area contributed by atoms with Gasteiger partial charge in [0.15, 0.2) is 5.11 Å². The smallest absolute Gasteiger partial charge is 0.174 e. The predicted molar refractivity (Wildman–Crippen MR) is 107 cm³/mol. The van der Waals surface area contributed by atoms with Gasteiger partial charge in [-0.15, -0.1) is 0 Å².